The van der Waals surface area contributed by atoms with Crippen molar-refractivity contribution >= 4 is 17.5 Å². The number of methoxy groups -OCH3 is 2. The first-order valence-electron chi connectivity index (χ1n) is 12.4. The Morgan fingerprint density at radius 2 is 1.55 bits per heavy atom. The number of benzene rings is 3. The first-order valence-corrected chi connectivity index (χ1v) is 12.4. The Morgan fingerprint density at radius 1 is 0.842 bits per heavy atom. The van der Waals surface area contributed by atoms with Gasteiger partial charge in [0.1, 0.15) is 0 Å². The molecule has 1 aromatic heterocycles. The Morgan fingerprint density at radius 3 is 2.24 bits per heavy atom. The average molecular weight is 513 g/mol. The first kappa shape index (κ1) is 26.5. The molecule has 196 valence electrons. The highest BCUT2D eigenvalue weighted by Gasteiger charge is 2.14. The van der Waals surface area contributed by atoms with Crippen LogP contribution in [0.5, 0.6) is 11.5 Å². The number of nitrogens with zero attached hydrogens (tertiary/aromatic N) is 2. The van der Waals surface area contributed by atoms with Crippen LogP contribution in [0.3, 0.4) is 0 Å². The van der Waals surface area contributed by atoms with Gasteiger partial charge in [0.05, 0.1) is 37.7 Å². The molecule has 0 bridgehead atoms. The van der Waals surface area contributed by atoms with Gasteiger partial charge in [0.15, 0.2) is 11.5 Å². The molecular formula is C30H32N4O4. The SMILES string of the molecule is COc1ccc(CCNC(=O)c2ccccc2NC(=O)c2ccc(Cn3nc(C)cc3C)cc2)cc1OC. The summed E-state index contributed by atoms with van der Waals surface area (Å²) in [6, 6.07) is 22.1. The van der Waals surface area contributed by atoms with Crippen LogP contribution < -0.4 is 20.1 Å². The third-order valence-electron chi connectivity index (χ3n) is 6.22. The number of hydrogen-bond acceptors (Lipinski definition) is 5. The lowest BCUT2D eigenvalue weighted by atomic mass is 10.1. The Balaban J connectivity index is 1.36. The maximum Gasteiger partial charge on any atom is 0.255 e. The molecule has 4 rings (SSSR count). The van der Waals surface area contributed by atoms with Crippen LogP contribution in [0.4, 0.5) is 5.69 Å². The zero-order valence-electron chi connectivity index (χ0n) is 22.1. The van der Waals surface area contributed by atoms with Crippen LogP contribution >= 0.6 is 0 Å². The number of rotatable bonds is 10. The Labute approximate surface area is 222 Å². The van der Waals surface area contributed by atoms with Gasteiger partial charge in [-0.1, -0.05) is 30.3 Å². The van der Waals surface area contributed by atoms with Crippen LogP contribution in [-0.4, -0.2) is 42.4 Å². The number of aromatic nitrogens is 2. The molecule has 1 heterocycles. The second-order valence-electron chi connectivity index (χ2n) is 8.98. The predicted octanol–water partition coefficient (Wildman–Crippen LogP) is 4.79. The van der Waals surface area contributed by atoms with Gasteiger partial charge in [0.25, 0.3) is 11.8 Å². The number of carbonyl (C=O) groups is 2. The van der Waals surface area contributed by atoms with Gasteiger partial charge in [-0.3, -0.25) is 14.3 Å². The molecule has 0 saturated heterocycles. The highest BCUT2D eigenvalue weighted by atomic mass is 16.5. The fourth-order valence-electron chi connectivity index (χ4n) is 4.21. The van der Waals surface area contributed by atoms with Gasteiger partial charge in [-0.2, -0.15) is 5.10 Å². The smallest absolute Gasteiger partial charge is 0.255 e. The second-order valence-corrected chi connectivity index (χ2v) is 8.98. The molecule has 2 amide bonds. The van der Waals surface area contributed by atoms with Gasteiger partial charge in [0, 0.05) is 17.8 Å². The van der Waals surface area contributed by atoms with E-state index in [2.05, 4.69) is 15.7 Å². The number of nitrogens with one attached hydrogen (secondary N) is 2. The lowest BCUT2D eigenvalue weighted by Crippen LogP contribution is -2.27. The van der Waals surface area contributed by atoms with Gasteiger partial charge in [-0.25, -0.2) is 0 Å². The largest absolute Gasteiger partial charge is 0.493 e. The van der Waals surface area contributed by atoms with E-state index in [0.29, 0.717) is 47.8 Å². The van der Waals surface area contributed by atoms with Crippen molar-refractivity contribution in [3.63, 3.8) is 0 Å². The number of ether oxygens (including phenoxy) is 2. The molecule has 0 aliphatic heterocycles. The molecular weight excluding hydrogens is 480 g/mol. The number of anilines is 1. The molecule has 0 fully saturated rings. The number of amides is 2. The molecule has 3 aromatic carbocycles. The van der Waals surface area contributed by atoms with E-state index >= 15 is 0 Å². The summed E-state index contributed by atoms with van der Waals surface area (Å²) in [6.07, 6.45) is 0.616. The summed E-state index contributed by atoms with van der Waals surface area (Å²) >= 11 is 0. The molecule has 8 heteroatoms. The van der Waals surface area contributed by atoms with E-state index in [0.717, 1.165) is 22.5 Å². The van der Waals surface area contributed by atoms with Crippen LogP contribution in [0.25, 0.3) is 0 Å². The lowest BCUT2D eigenvalue weighted by molar-refractivity contribution is 0.0955. The van der Waals surface area contributed by atoms with Crippen molar-refractivity contribution in [1.82, 2.24) is 15.1 Å². The van der Waals surface area contributed by atoms with Crippen LogP contribution in [0, 0.1) is 13.8 Å². The molecule has 0 atom stereocenters. The normalized spacial score (nSPS) is 10.6. The molecule has 0 radical (unpaired) electrons. The van der Waals surface area contributed by atoms with E-state index in [1.165, 1.54) is 0 Å². The third-order valence-corrected chi connectivity index (χ3v) is 6.22. The van der Waals surface area contributed by atoms with E-state index in [-0.39, 0.29) is 11.8 Å². The Hall–Kier alpha value is -4.59. The molecule has 2 N–H and O–H groups in total. The number of para-hydroxylation sites is 1. The molecule has 0 spiro atoms. The average Bonchev–Trinajstić information content (AvgIpc) is 3.25. The van der Waals surface area contributed by atoms with Crippen molar-refractivity contribution in [1.29, 1.82) is 0 Å². The lowest BCUT2D eigenvalue weighted by Gasteiger charge is -2.13. The maximum atomic E-state index is 12.9. The Bertz CT molecular complexity index is 1430. The first-order chi connectivity index (χ1) is 18.4. The minimum Gasteiger partial charge on any atom is -0.493 e. The van der Waals surface area contributed by atoms with Crippen molar-refractivity contribution in [2.75, 3.05) is 26.1 Å². The molecule has 4 aromatic rings. The van der Waals surface area contributed by atoms with Crippen LogP contribution in [0.2, 0.25) is 0 Å². The zero-order valence-corrected chi connectivity index (χ0v) is 22.1. The van der Waals surface area contributed by atoms with Gasteiger partial charge < -0.3 is 20.1 Å². The van der Waals surface area contributed by atoms with Gasteiger partial charge in [0.2, 0.25) is 0 Å². The topological polar surface area (TPSA) is 94.5 Å². The van der Waals surface area contributed by atoms with E-state index in [1.54, 1.807) is 50.6 Å². The van der Waals surface area contributed by atoms with Crippen molar-refractivity contribution < 1.29 is 19.1 Å². The van der Waals surface area contributed by atoms with Gasteiger partial charge >= 0.3 is 0 Å². The highest BCUT2D eigenvalue weighted by Crippen LogP contribution is 2.27. The van der Waals surface area contributed by atoms with E-state index in [9.17, 15) is 9.59 Å². The van der Waals surface area contributed by atoms with Crippen LogP contribution in [0.15, 0.2) is 72.8 Å². The fourth-order valence-corrected chi connectivity index (χ4v) is 4.21. The van der Waals surface area contributed by atoms with Crippen molar-refractivity contribution in [3.8, 4) is 11.5 Å². The molecule has 0 aliphatic rings. The second kappa shape index (κ2) is 12.1. The quantitative estimate of drug-likeness (QED) is 0.319. The summed E-state index contributed by atoms with van der Waals surface area (Å²) in [6.45, 7) is 5.04. The zero-order chi connectivity index (χ0) is 27.1. The third kappa shape index (κ3) is 6.39. The molecule has 0 aliphatic carbocycles. The monoisotopic (exact) mass is 512 g/mol. The van der Waals surface area contributed by atoms with Gasteiger partial charge in [-0.15, -0.1) is 0 Å². The molecule has 8 nitrogen and oxygen atoms in total. The van der Waals surface area contributed by atoms with Crippen LogP contribution in [0.1, 0.15) is 43.2 Å². The number of carbonyl (C=O) groups excluding carboxylic acids is 2. The summed E-state index contributed by atoms with van der Waals surface area (Å²) in [7, 11) is 3.18. The van der Waals surface area contributed by atoms with Crippen molar-refractivity contribution in [2.45, 2.75) is 26.8 Å². The number of hydrogen-bond donors (Lipinski definition) is 2. The van der Waals surface area contributed by atoms with E-state index in [4.69, 9.17) is 9.47 Å². The van der Waals surface area contributed by atoms with Crippen LogP contribution in [-0.2, 0) is 13.0 Å². The Kier molecular flexibility index (Phi) is 8.43. The predicted molar refractivity (Wildman–Crippen MR) is 147 cm³/mol. The minimum absolute atomic E-state index is 0.262. The molecule has 0 saturated carbocycles. The highest BCUT2D eigenvalue weighted by molar-refractivity contribution is 6.09. The summed E-state index contributed by atoms with van der Waals surface area (Å²) in [5.41, 5.74) is 5.46. The van der Waals surface area contributed by atoms with E-state index in [1.807, 2.05) is 54.9 Å². The molecule has 0 unspecified atom stereocenters. The van der Waals surface area contributed by atoms with Gasteiger partial charge in [-0.05, 0) is 73.9 Å². The minimum atomic E-state index is -0.284. The fraction of sp³-hybridized carbons (Fsp3) is 0.233. The maximum absolute atomic E-state index is 12.9. The summed E-state index contributed by atoms with van der Waals surface area (Å²) < 4.78 is 12.6. The summed E-state index contributed by atoms with van der Waals surface area (Å²) in [5.74, 6) is 0.751. The van der Waals surface area contributed by atoms with Crippen molar-refractivity contribution in [2.24, 2.45) is 0 Å². The molecule has 38 heavy (non-hydrogen) atoms. The standard InChI is InChI=1S/C30H32N4O4/c1-20-17-21(2)34(33-20)19-23-9-12-24(13-10-23)29(35)32-26-8-6-5-7-25(26)30(36)31-16-15-22-11-14-27(37-3)28(18-22)38-4/h5-14,17-18H,15-16,19H2,1-4H3,(H,31,36)(H,32,35). The number of aryl methyl sites for hydroxylation is 2. The summed E-state index contributed by atoms with van der Waals surface area (Å²) in [5, 5.41) is 10.3. The summed E-state index contributed by atoms with van der Waals surface area (Å²) in [4.78, 5) is 25.9. The van der Waals surface area contributed by atoms with E-state index < -0.39 is 0 Å². The van der Waals surface area contributed by atoms with Crippen molar-refractivity contribution in [3.05, 3.63) is 106 Å².